The van der Waals surface area contributed by atoms with Crippen molar-refractivity contribution in [2.24, 2.45) is 7.05 Å². The van der Waals surface area contributed by atoms with Crippen LogP contribution in [0.3, 0.4) is 0 Å². The number of Topliss-reactive ketones (excluding diaryl/α,β-unsaturated/α-hetero) is 1. The Kier molecular flexibility index (Phi) is 3.04. The highest BCUT2D eigenvalue weighted by Crippen LogP contribution is 2.32. The summed E-state index contributed by atoms with van der Waals surface area (Å²) in [5.41, 5.74) is -0.377. The Morgan fingerprint density at radius 3 is 2.67 bits per heavy atom. The van der Waals surface area contributed by atoms with E-state index in [1.54, 1.807) is 24.0 Å². The number of imidazole rings is 1. The number of ketones is 1. The van der Waals surface area contributed by atoms with Gasteiger partial charge < -0.3 is 9.47 Å². The van der Waals surface area contributed by atoms with Crippen LogP contribution in [0.4, 0.5) is 14.5 Å². The predicted octanol–water partition coefficient (Wildman–Crippen LogP) is 1.47. The number of fused-ring (bicyclic) bond motifs is 1. The van der Waals surface area contributed by atoms with Crippen molar-refractivity contribution in [3.05, 3.63) is 47.5 Å². The van der Waals surface area contributed by atoms with E-state index in [0.29, 0.717) is 18.3 Å². The van der Waals surface area contributed by atoms with E-state index < -0.39 is 23.3 Å². The van der Waals surface area contributed by atoms with Gasteiger partial charge in [-0.1, -0.05) is 0 Å². The number of hydrogen-bond acceptors (Lipinski definition) is 3. The van der Waals surface area contributed by atoms with E-state index in [0.717, 1.165) is 11.0 Å². The smallest absolute Gasteiger partial charge is 0.299 e. The number of nitrogens with zero attached hydrogens (tertiary/aromatic N) is 3. The molecule has 0 atom stereocenters. The molecule has 0 N–H and O–H groups in total. The Morgan fingerprint density at radius 1 is 1.24 bits per heavy atom. The van der Waals surface area contributed by atoms with Gasteiger partial charge in [0.05, 0.1) is 11.3 Å². The molecule has 0 radical (unpaired) electrons. The lowest BCUT2D eigenvalue weighted by Crippen LogP contribution is -2.32. The molecule has 0 aliphatic carbocycles. The van der Waals surface area contributed by atoms with Gasteiger partial charge in [0, 0.05) is 38.5 Å². The van der Waals surface area contributed by atoms with Crippen molar-refractivity contribution in [2.45, 2.75) is 6.42 Å². The summed E-state index contributed by atoms with van der Waals surface area (Å²) in [4.78, 5) is 28.9. The lowest BCUT2D eigenvalue weighted by Gasteiger charge is -2.16. The average molecular weight is 291 g/mol. The van der Waals surface area contributed by atoms with Crippen LogP contribution in [-0.2, 0) is 18.3 Å². The predicted molar refractivity (Wildman–Crippen MR) is 70.0 cm³/mol. The maximum absolute atomic E-state index is 13.7. The third kappa shape index (κ3) is 2.10. The number of carbonyl (C=O) groups is 2. The van der Waals surface area contributed by atoms with Crippen LogP contribution in [0.15, 0.2) is 24.5 Å². The molecule has 0 unspecified atom stereocenters. The van der Waals surface area contributed by atoms with Gasteiger partial charge in [-0.05, 0) is 6.07 Å². The molecule has 1 aromatic heterocycles. The Morgan fingerprint density at radius 2 is 2.00 bits per heavy atom. The summed E-state index contributed by atoms with van der Waals surface area (Å²) >= 11 is 0. The van der Waals surface area contributed by atoms with Crippen LogP contribution in [0.2, 0.25) is 0 Å². The molecule has 0 bridgehead atoms. The standard InChI is InChI=1S/C14H11F2N3O2/c1-18-5-3-17-11(18)2-4-19-10-7-8(15)6-9(16)12(10)13(20)14(19)21/h3,5-7H,2,4H2,1H3. The molecule has 0 fully saturated rings. The van der Waals surface area contributed by atoms with Gasteiger partial charge >= 0.3 is 0 Å². The lowest BCUT2D eigenvalue weighted by molar-refractivity contribution is -0.114. The number of benzene rings is 1. The van der Waals surface area contributed by atoms with E-state index in [2.05, 4.69) is 4.98 Å². The molecule has 1 aromatic carbocycles. The Bertz CT molecular complexity index is 755. The number of rotatable bonds is 3. The molecule has 7 heteroatoms. The van der Waals surface area contributed by atoms with E-state index in [1.165, 1.54) is 0 Å². The second-order valence-corrected chi connectivity index (χ2v) is 4.77. The molecule has 1 aliphatic heterocycles. The van der Waals surface area contributed by atoms with Crippen molar-refractivity contribution in [3.63, 3.8) is 0 Å². The summed E-state index contributed by atoms with van der Waals surface area (Å²) in [7, 11) is 1.80. The second kappa shape index (κ2) is 4.76. The van der Waals surface area contributed by atoms with E-state index in [1.807, 2.05) is 0 Å². The first-order valence-corrected chi connectivity index (χ1v) is 6.30. The molecule has 108 valence electrons. The van der Waals surface area contributed by atoms with Crippen LogP contribution in [0.25, 0.3) is 0 Å². The molecule has 1 aliphatic rings. The number of aromatic nitrogens is 2. The highest BCUT2D eigenvalue weighted by molar-refractivity contribution is 6.52. The first-order valence-electron chi connectivity index (χ1n) is 6.30. The number of anilines is 1. The highest BCUT2D eigenvalue weighted by atomic mass is 19.1. The maximum Gasteiger partial charge on any atom is 0.299 e. The van der Waals surface area contributed by atoms with E-state index in [4.69, 9.17) is 0 Å². The molecule has 3 rings (SSSR count). The summed E-state index contributed by atoms with van der Waals surface area (Å²) < 4.78 is 28.8. The van der Waals surface area contributed by atoms with Crippen LogP contribution in [0.1, 0.15) is 16.2 Å². The number of hydrogen-bond donors (Lipinski definition) is 0. The summed E-state index contributed by atoms with van der Waals surface area (Å²) in [5.74, 6) is -2.91. The fourth-order valence-corrected chi connectivity index (χ4v) is 2.41. The fraction of sp³-hybridized carbons (Fsp3) is 0.214. The van der Waals surface area contributed by atoms with Gasteiger partial charge in [0.15, 0.2) is 0 Å². The van der Waals surface area contributed by atoms with Crippen LogP contribution in [0, 0.1) is 11.6 Å². The summed E-state index contributed by atoms with van der Waals surface area (Å²) in [6, 6.07) is 1.60. The summed E-state index contributed by atoms with van der Waals surface area (Å²) in [6.07, 6.45) is 3.74. The third-order valence-electron chi connectivity index (χ3n) is 3.47. The lowest BCUT2D eigenvalue weighted by atomic mass is 10.1. The average Bonchev–Trinajstić information content (AvgIpc) is 2.92. The fourth-order valence-electron chi connectivity index (χ4n) is 2.41. The van der Waals surface area contributed by atoms with Crippen LogP contribution in [0.5, 0.6) is 0 Å². The van der Waals surface area contributed by atoms with Crippen molar-refractivity contribution in [2.75, 3.05) is 11.4 Å². The highest BCUT2D eigenvalue weighted by Gasteiger charge is 2.38. The van der Waals surface area contributed by atoms with Gasteiger partial charge in [0.1, 0.15) is 17.5 Å². The number of amides is 1. The zero-order valence-corrected chi connectivity index (χ0v) is 11.1. The van der Waals surface area contributed by atoms with Crippen molar-refractivity contribution >= 4 is 17.4 Å². The molecule has 1 amide bonds. The van der Waals surface area contributed by atoms with Crippen molar-refractivity contribution in [1.29, 1.82) is 0 Å². The Labute approximate surface area is 118 Å². The van der Waals surface area contributed by atoms with Crippen molar-refractivity contribution in [1.82, 2.24) is 9.55 Å². The summed E-state index contributed by atoms with van der Waals surface area (Å²) in [6.45, 7) is 0.130. The molecule has 2 aromatic rings. The Balaban J connectivity index is 1.92. The monoisotopic (exact) mass is 291 g/mol. The number of aryl methyl sites for hydroxylation is 1. The van der Waals surface area contributed by atoms with E-state index >= 15 is 0 Å². The molecular weight excluding hydrogens is 280 g/mol. The zero-order chi connectivity index (χ0) is 15.1. The summed E-state index contributed by atoms with van der Waals surface area (Å²) in [5, 5.41) is 0. The first kappa shape index (κ1) is 13.4. The number of carbonyl (C=O) groups excluding carboxylic acids is 2. The third-order valence-corrected chi connectivity index (χ3v) is 3.47. The first-order chi connectivity index (χ1) is 9.99. The van der Waals surface area contributed by atoms with Gasteiger partial charge in [-0.15, -0.1) is 0 Å². The van der Waals surface area contributed by atoms with Gasteiger partial charge in [-0.3, -0.25) is 9.59 Å². The normalized spacial score (nSPS) is 14.0. The second-order valence-electron chi connectivity index (χ2n) is 4.77. The van der Waals surface area contributed by atoms with E-state index in [-0.39, 0.29) is 17.8 Å². The van der Waals surface area contributed by atoms with Crippen LogP contribution >= 0.6 is 0 Å². The van der Waals surface area contributed by atoms with Gasteiger partial charge in [0.2, 0.25) is 0 Å². The minimum absolute atomic E-state index is 0.0169. The molecule has 0 spiro atoms. The van der Waals surface area contributed by atoms with Crippen LogP contribution in [-0.4, -0.2) is 27.8 Å². The van der Waals surface area contributed by atoms with Crippen LogP contribution < -0.4 is 4.90 Å². The minimum Gasteiger partial charge on any atom is -0.338 e. The molecular formula is C14H11F2N3O2. The van der Waals surface area contributed by atoms with Crippen molar-refractivity contribution in [3.8, 4) is 0 Å². The van der Waals surface area contributed by atoms with Gasteiger partial charge in [0.25, 0.3) is 11.7 Å². The Hall–Kier alpha value is -2.57. The molecule has 0 saturated heterocycles. The topological polar surface area (TPSA) is 55.2 Å². The number of halogens is 2. The molecule has 5 nitrogen and oxygen atoms in total. The SMILES string of the molecule is Cn1ccnc1CCN1C(=O)C(=O)c2c(F)cc(F)cc21. The molecule has 2 heterocycles. The van der Waals surface area contributed by atoms with Gasteiger partial charge in [-0.25, -0.2) is 13.8 Å². The quantitative estimate of drug-likeness (QED) is 0.805. The largest absolute Gasteiger partial charge is 0.338 e. The van der Waals surface area contributed by atoms with Crippen molar-refractivity contribution < 1.29 is 18.4 Å². The zero-order valence-electron chi connectivity index (χ0n) is 11.1. The molecule has 21 heavy (non-hydrogen) atoms. The van der Waals surface area contributed by atoms with Gasteiger partial charge in [-0.2, -0.15) is 0 Å². The maximum atomic E-state index is 13.7. The minimum atomic E-state index is -1.01. The van der Waals surface area contributed by atoms with E-state index in [9.17, 15) is 18.4 Å². The molecule has 0 saturated carbocycles.